The topological polar surface area (TPSA) is 45.7 Å². The first-order chi connectivity index (χ1) is 11.7. The van der Waals surface area contributed by atoms with E-state index in [1.807, 2.05) is 18.2 Å². The summed E-state index contributed by atoms with van der Waals surface area (Å²) >= 11 is 3.48. The summed E-state index contributed by atoms with van der Waals surface area (Å²) in [6.07, 6.45) is 1.14. The summed E-state index contributed by atoms with van der Waals surface area (Å²) in [4.78, 5) is 4.33. The Morgan fingerprint density at radius 3 is 2.60 bits per heavy atom. The molecule has 2 aromatic rings. The van der Waals surface area contributed by atoms with E-state index in [1.54, 1.807) is 14.2 Å². The number of nitrogens with one attached hydrogen (secondary N) is 2. The molecule has 0 heterocycles. The highest BCUT2D eigenvalue weighted by Crippen LogP contribution is 2.40. The summed E-state index contributed by atoms with van der Waals surface area (Å²) < 4.78 is 6.50. The maximum absolute atomic E-state index is 5.39. The molecule has 134 valence electrons. The zero-order valence-electron chi connectivity index (χ0n) is 14.3. The fourth-order valence-corrected chi connectivity index (χ4v) is 3.10. The van der Waals surface area contributed by atoms with Crippen molar-refractivity contribution in [2.24, 2.45) is 4.99 Å². The Hall–Kier alpha value is -1.28. The van der Waals surface area contributed by atoms with E-state index in [9.17, 15) is 0 Å². The SMILES string of the molecule is CN=C(NCc1ccccc1OC)NC1CC1c1ccc(Br)cc1.I. The number of para-hydroxylation sites is 1. The van der Waals surface area contributed by atoms with Gasteiger partial charge < -0.3 is 15.4 Å². The Labute approximate surface area is 174 Å². The molecular weight excluding hydrogens is 493 g/mol. The first-order valence-electron chi connectivity index (χ1n) is 8.06. The van der Waals surface area contributed by atoms with E-state index in [1.165, 1.54) is 5.56 Å². The average molecular weight is 516 g/mol. The number of benzene rings is 2. The Morgan fingerprint density at radius 2 is 1.92 bits per heavy atom. The van der Waals surface area contributed by atoms with Gasteiger partial charge in [0, 0.05) is 35.6 Å². The molecule has 0 amide bonds. The second-order valence-corrected chi connectivity index (χ2v) is 6.80. The van der Waals surface area contributed by atoms with Crippen LogP contribution >= 0.6 is 39.9 Å². The van der Waals surface area contributed by atoms with Crippen LogP contribution in [0.3, 0.4) is 0 Å². The van der Waals surface area contributed by atoms with Gasteiger partial charge in [0.25, 0.3) is 0 Å². The third-order valence-electron chi connectivity index (χ3n) is 4.27. The van der Waals surface area contributed by atoms with Gasteiger partial charge in [0.2, 0.25) is 0 Å². The fourth-order valence-electron chi connectivity index (χ4n) is 2.83. The molecule has 2 atom stereocenters. The molecule has 1 saturated carbocycles. The van der Waals surface area contributed by atoms with Crippen molar-refractivity contribution in [1.82, 2.24) is 10.6 Å². The van der Waals surface area contributed by atoms with Crippen molar-refractivity contribution in [2.45, 2.75) is 24.9 Å². The Morgan fingerprint density at radius 1 is 1.20 bits per heavy atom. The minimum Gasteiger partial charge on any atom is -0.496 e. The lowest BCUT2D eigenvalue weighted by molar-refractivity contribution is 0.409. The van der Waals surface area contributed by atoms with Gasteiger partial charge in [0.05, 0.1) is 7.11 Å². The number of aliphatic imine (C=N–C) groups is 1. The third kappa shape index (κ3) is 5.34. The second-order valence-electron chi connectivity index (χ2n) is 5.88. The normalized spacial score (nSPS) is 18.9. The largest absolute Gasteiger partial charge is 0.496 e. The predicted octanol–water partition coefficient (Wildman–Crippen LogP) is 4.30. The van der Waals surface area contributed by atoms with Crippen molar-refractivity contribution in [2.75, 3.05) is 14.2 Å². The number of hydrogen-bond acceptors (Lipinski definition) is 2. The maximum Gasteiger partial charge on any atom is 0.191 e. The molecule has 0 saturated heterocycles. The minimum atomic E-state index is 0. The monoisotopic (exact) mass is 515 g/mol. The predicted molar refractivity (Wildman–Crippen MR) is 117 cm³/mol. The average Bonchev–Trinajstić information content (AvgIpc) is 3.38. The van der Waals surface area contributed by atoms with Crippen LogP contribution in [0.25, 0.3) is 0 Å². The van der Waals surface area contributed by atoms with E-state index in [0.717, 1.165) is 28.2 Å². The molecule has 1 fully saturated rings. The standard InChI is InChI=1S/C19H22BrN3O.HI/c1-21-19(22-12-14-5-3-4-6-18(14)24-2)23-17-11-16(17)13-7-9-15(20)10-8-13;/h3-10,16-17H,11-12H2,1-2H3,(H2,21,22,23);1H. The van der Waals surface area contributed by atoms with Crippen molar-refractivity contribution in [3.8, 4) is 5.75 Å². The number of rotatable bonds is 5. The molecule has 1 aliphatic rings. The van der Waals surface area contributed by atoms with Crippen LogP contribution in [0.5, 0.6) is 5.75 Å². The smallest absolute Gasteiger partial charge is 0.191 e. The van der Waals surface area contributed by atoms with Gasteiger partial charge in [-0.1, -0.05) is 46.3 Å². The van der Waals surface area contributed by atoms with Crippen LogP contribution in [0.15, 0.2) is 58.0 Å². The molecule has 0 aromatic heterocycles. The van der Waals surface area contributed by atoms with Crippen molar-refractivity contribution in [3.05, 3.63) is 64.1 Å². The van der Waals surface area contributed by atoms with Crippen LogP contribution in [0.1, 0.15) is 23.5 Å². The molecule has 0 spiro atoms. The molecule has 2 aromatic carbocycles. The van der Waals surface area contributed by atoms with Gasteiger partial charge in [-0.15, -0.1) is 24.0 Å². The molecule has 25 heavy (non-hydrogen) atoms. The van der Waals surface area contributed by atoms with Gasteiger partial charge in [0.1, 0.15) is 5.75 Å². The second kappa shape index (κ2) is 9.43. The van der Waals surface area contributed by atoms with Crippen LogP contribution in [-0.2, 0) is 6.54 Å². The van der Waals surface area contributed by atoms with Gasteiger partial charge in [-0.05, 0) is 30.2 Å². The summed E-state index contributed by atoms with van der Waals surface area (Å²) in [5, 5.41) is 6.86. The van der Waals surface area contributed by atoms with Crippen LogP contribution in [0, 0.1) is 0 Å². The van der Waals surface area contributed by atoms with E-state index in [2.05, 4.69) is 61.9 Å². The lowest BCUT2D eigenvalue weighted by atomic mass is 10.1. The van der Waals surface area contributed by atoms with E-state index in [0.29, 0.717) is 18.5 Å². The highest BCUT2D eigenvalue weighted by Gasteiger charge is 2.38. The van der Waals surface area contributed by atoms with Crippen molar-refractivity contribution < 1.29 is 4.74 Å². The maximum atomic E-state index is 5.39. The molecule has 0 bridgehead atoms. The van der Waals surface area contributed by atoms with E-state index < -0.39 is 0 Å². The highest BCUT2D eigenvalue weighted by molar-refractivity contribution is 14.0. The molecule has 0 radical (unpaired) electrons. The van der Waals surface area contributed by atoms with Gasteiger partial charge >= 0.3 is 0 Å². The molecule has 3 rings (SSSR count). The summed E-state index contributed by atoms with van der Waals surface area (Å²) in [5.41, 5.74) is 2.49. The summed E-state index contributed by atoms with van der Waals surface area (Å²) in [5.74, 6) is 2.27. The number of ether oxygens (including phenoxy) is 1. The van der Waals surface area contributed by atoms with E-state index in [4.69, 9.17) is 4.74 Å². The van der Waals surface area contributed by atoms with Gasteiger partial charge in [-0.25, -0.2) is 0 Å². The fraction of sp³-hybridized carbons (Fsp3) is 0.316. The zero-order valence-corrected chi connectivity index (χ0v) is 18.2. The summed E-state index contributed by atoms with van der Waals surface area (Å²) in [6, 6.07) is 17.0. The number of halogens is 2. The van der Waals surface area contributed by atoms with Crippen LogP contribution in [0.4, 0.5) is 0 Å². The first kappa shape index (κ1) is 20.0. The molecule has 0 aliphatic heterocycles. The van der Waals surface area contributed by atoms with Crippen molar-refractivity contribution >= 4 is 45.9 Å². The Kier molecular flexibility index (Phi) is 7.56. The lowest BCUT2D eigenvalue weighted by Gasteiger charge is -2.13. The van der Waals surface area contributed by atoms with Gasteiger partial charge in [0.15, 0.2) is 5.96 Å². The molecule has 6 heteroatoms. The first-order valence-corrected chi connectivity index (χ1v) is 8.85. The Balaban J connectivity index is 0.00000225. The molecule has 1 aliphatic carbocycles. The van der Waals surface area contributed by atoms with Crippen LogP contribution in [-0.4, -0.2) is 26.2 Å². The Bertz CT molecular complexity index is 721. The van der Waals surface area contributed by atoms with E-state index in [-0.39, 0.29) is 24.0 Å². The minimum absolute atomic E-state index is 0. The number of methoxy groups -OCH3 is 1. The van der Waals surface area contributed by atoms with Crippen LogP contribution < -0.4 is 15.4 Å². The van der Waals surface area contributed by atoms with E-state index >= 15 is 0 Å². The third-order valence-corrected chi connectivity index (χ3v) is 4.80. The lowest BCUT2D eigenvalue weighted by Crippen LogP contribution is -2.38. The highest BCUT2D eigenvalue weighted by atomic mass is 127. The number of nitrogens with zero attached hydrogens (tertiary/aromatic N) is 1. The molecule has 2 N–H and O–H groups in total. The number of hydrogen-bond donors (Lipinski definition) is 2. The molecule has 4 nitrogen and oxygen atoms in total. The van der Waals surface area contributed by atoms with Crippen LogP contribution in [0.2, 0.25) is 0 Å². The zero-order chi connectivity index (χ0) is 16.9. The van der Waals surface area contributed by atoms with Gasteiger partial charge in [-0.3, -0.25) is 4.99 Å². The van der Waals surface area contributed by atoms with Crippen molar-refractivity contribution in [3.63, 3.8) is 0 Å². The van der Waals surface area contributed by atoms with Gasteiger partial charge in [-0.2, -0.15) is 0 Å². The molecule has 2 unspecified atom stereocenters. The molecular formula is C19H23BrIN3O. The quantitative estimate of drug-likeness (QED) is 0.354. The number of guanidine groups is 1. The van der Waals surface area contributed by atoms with Crippen molar-refractivity contribution in [1.29, 1.82) is 0 Å². The summed E-state index contributed by atoms with van der Waals surface area (Å²) in [6.45, 7) is 0.680. The summed E-state index contributed by atoms with van der Waals surface area (Å²) in [7, 11) is 3.49.